The summed E-state index contributed by atoms with van der Waals surface area (Å²) in [4.78, 5) is 15.1. The molecule has 6 nitrogen and oxygen atoms in total. The molecule has 2 aromatic rings. The first-order valence-corrected chi connectivity index (χ1v) is 11.2. The maximum Gasteiger partial charge on any atom is 0.306 e. The van der Waals surface area contributed by atoms with E-state index >= 15 is 0 Å². The highest BCUT2D eigenvalue weighted by Crippen LogP contribution is 2.47. The number of ether oxygens (including phenoxy) is 2. The lowest BCUT2D eigenvalue weighted by Crippen LogP contribution is -2.49. The molecule has 2 N–H and O–H groups in total. The van der Waals surface area contributed by atoms with E-state index < -0.39 is 0 Å². The van der Waals surface area contributed by atoms with Gasteiger partial charge in [-0.15, -0.1) is 0 Å². The van der Waals surface area contributed by atoms with Crippen molar-refractivity contribution in [1.29, 1.82) is 0 Å². The first kappa shape index (κ1) is 20.2. The molecule has 0 radical (unpaired) electrons. The number of phenols is 2. The molecule has 4 bridgehead atoms. The van der Waals surface area contributed by atoms with Gasteiger partial charge >= 0.3 is 5.97 Å². The van der Waals surface area contributed by atoms with Gasteiger partial charge in [0.15, 0.2) is 11.5 Å². The molecular formula is C25H29NO5. The summed E-state index contributed by atoms with van der Waals surface area (Å²) >= 11 is 0. The molecule has 2 fully saturated rings. The molecule has 164 valence electrons. The zero-order valence-electron chi connectivity index (χ0n) is 17.8. The van der Waals surface area contributed by atoms with E-state index in [0.717, 1.165) is 42.5 Å². The smallest absolute Gasteiger partial charge is 0.306 e. The van der Waals surface area contributed by atoms with Crippen molar-refractivity contribution in [1.82, 2.24) is 4.90 Å². The first-order valence-electron chi connectivity index (χ1n) is 11.2. The van der Waals surface area contributed by atoms with Crippen LogP contribution < -0.4 is 4.74 Å². The number of benzene rings is 2. The predicted octanol–water partition coefficient (Wildman–Crippen LogP) is 4.32. The Morgan fingerprint density at radius 1 is 1.03 bits per heavy atom. The SMILES string of the molecule is COc1cc2c(cc1O)[C@@H]1C[C@H](C[C@@H]3CCCCN31)OC(=O)CCc1ccc(O)c-2c1. The van der Waals surface area contributed by atoms with E-state index in [1.165, 1.54) is 13.5 Å². The minimum atomic E-state index is -0.166. The van der Waals surface area contributed by atoms with Gasteiger partial charge in [-0.3, -0.25) is 9.69 Å². The molecule has 2 aromatic carbocycles. The molecule has 0 amide bonds. The molecule has 6 heteroatoms. The van der Waals surface area contributed by atoms with Crippen molar-refractivity contribution in [2.45, 2.75) is 63.1 Å². The summed E-state index contributed by atoms with van der Waals surface area (Å²) in [6.07, 6.45) is 5.68. The van der Waals surface area contributed by atoms with Gasteiger partial charge in [0.1, 0.15) is 11.9 Å². The van der Waals surface area contributed by atoms with Gasteiger partial charge in [0.05, 0.1) is 7.11 Å². The summed E-state index contributed by atoms with van der Waals surface area (Å²) in [5, 5.41) is 21.4. The number of methoxy groups -OCH3 is 1. The Morgan fingerprint density at radius 3 is 2.74 bits per heavy atom. The summed E-state index contributed by atoms with van der Waals surface area (Å²) in [5.41, 5.74) is 3.47. The number of carbonyl (C=O) groups is 1. The molecule has 0 spiro atoms. The molecule has 5 rings (SSSR count). The minimum absolute atomic E-state index is 0.00820. The van der Waals surface area contributed by atoms with Crippen molar-refractivity contribution < 1.29 is 24.5 Å². The van der Waals surface area contributed by atoms with Crippen LogP contribution >= 0.6 is 0 Å². The lowest BCUT2D eigenvalue weighted by Gasteiger charge is -2.48. The maximum atomic E-state index is 12.6. The van der Waals surface area contributed by atoms with Crippen LogP contribution in [0.25, 0.3) is 11.1 Å². The number of fused-ring (bicyclic) bond motifs is 9. The monoisotopic (exact) mass is 423 g/mol. The molecule has 0 unspecified atom stereocenters. The lowest BCUT2D eigenvalue weighted by atomic mass is 9.81. The Kier molecular flexibility index (Phi) is 5.26. The number of aromatic hydroxyl groups is 2. The normalized spacial score (nSPS) is 26.0. The fraction of sp³-hybridized carbons (Fsp3) is 0.480. The van der Waals surface area contributed by atoms with Gasteiger partial charge in [0, 0.05) is 36.9 Å². The highest BCUT2D eigenvalue weighted by atomic mass is 16.5. The molecule has 3 aliphatic heterocycles. The second-order valence-corrected chi connectivity index (χ2v) is 8.95. The van der Waals surface area contributed by atoms with Crippen LogP contribution in [0.5, 0.6) is 17.2 Å². The van der Waals surface area contributed by atoms with Crippen molar-refractivity contribution in [3.63, 3.8) is 0 Å². The predicted molar refractivity (Wildman–Crippen MR) is 116 cm³/mol. The summed E-state index contributed by atoms with van der Waals surface area (Å²) in [6.45, 7) is 0.980. The van der Waals surface area contributed by atoms with E-state index in [0.29, 0.717) is 36.6 Å². The van der Waals surface area contributed by atoms with Crippen molar-refractivity contribution >= 4 is 5.97 Å². The number of nitrogens with zero attached hydrogens (tertiary/aromatic N) is 1. The summed E-state index contributed by atoms with van der Waals surface area (Å²) in [7, 11) is 1.53. The molecule has 0 aromatic heterocycles. The van der Waals surface area contributed by atoms with Crippen LogP contribution in [0, 0.1) is 0 Å². The quantitative estimate of drug-likeness (QED) is 0.665. The average molecular weight is 424 g/mol. The fourth-order valence-corrected chi connectivity index (χ4v) is 5.57. The third-order valence-corrected chi connectivity index (χ3v) is 7.07. The molecule has 2 saturated heterocycles. The van der Waals surface area contributed by atoms with Crippen LogP contribution in [-0.2, 0) is 16.0 Å². The van der Waals surface area contributed by atoms with E-state index in [1.807, 2.05) is 18.2 Å². The van der Waals surface area contributed by atoms with E-state index in [9.17, 15) is 15.0 Å². The van der Waals surface area contributed by atoms with Gasteiger partial charge < -0.3 is 19.7 Å². The topological polar surface area (TPSA) is 79.2 Å². The zero-order valence-corrected chi connectivity index (χ0v) is 17.8. The standard InChI is InChI=1S/C25H29NO5/c1-30-24-14-18-19(13-23(24)28)21-12-17(11-16-4-2-3-9-26(16)21)31-25(29)8-6-15-5-7-22(27)20(18)10-15/h5,7,10,13-14,16-17,21,27-28H,2-4,6,8-9,11-12H2,1H3/t16-,17-,21-/m0/s1. The van der Waals surface area contributed by atoms with Crippen LogP contribution in [0.3, 0.4) is 0 Å². The van der Waals surface area contributed by atoms with Crippen LogP contribution in [0.1, 0.15) is 55.7 Å². The molecule has 0 saturated carbocycles. The van der Waals surface area contributed by atoms with Gasteiger partial charge in [-0.25, -0.2) is 0 Å². The Morgan fingerprint density at radius 2 is 1.90 bits per heavy atom. The van der Waals surface area contributed by atoms with Crippen molar-refractivity contribution in [2.75, 3.05) is 13.7 Å². The second-order valence-electron chi connectivity index (χ2n) is 8.95. The summed E-state index contributed by atoms with van der Waals surface area (Å²) in [6, 6.07) is 9.40. The number of phenolic OH excluding ortho intramolecular Hbond substituents is 2. The van der Waals surface area contributed by atoms with Crippen LogP contribution in [0.2, 0.25) is 0 Å². The Bertz CT molecular complexity index is 1000. The molecule has 3 aliphatic rings. The molecule has 0 aliphatic carbocycles. The number of hydrogen-bond donors (Lipinski definition) is 2. The van der Waals surface area contributed by atoms with Crippen molar-refractivity contribution in [3.8, 4) is 28.4 Å². The van der Waals surface area contributed by atoms with Gasteiger partial charge in [-0.1, -0.05) is 12.5 Å². The highest BCUT2D eigenvalue weighted by Gasteiger charge is 2.40. The highest BCUT2D eigenvalue weighted by molar-refractivity contribution is 5.77. The Balaban J connectivity index is 1.72. The molecule has 3 atom stereocenters. The van der Waals surface area contributed by atoms with Gasteiger partial charge in [0.25, 0.3) is 0 Å². The third kappa shape index (κ3) is 3.74. The number of esters is 1. The van der Waals surface area contributed by atoms with Gasteiger partial charge in [-0.2, -0.15) is 0 Å². The van der Waals surface area contributed by atoms with E-state index in [2.05, 4.69) is 4.90 Å². The van der Waals surface area contributed by atoms with E-state index in [-0.39, 0.29) is 29.6 Å². The number of piperidine rings is 2. The van der Waals surface area contributed by atoms with E-state index in [1.54, 1.807) is 12.1 Å². The lowest BCUT2D eigenvalue weighted by molar-refractivity contribution is -0.154. The van der Waals surface area contributed by atoms with Crippen LogP contribution in [0.4, 0.5) is 0 Å². The maximum absolute atomic E-state index is 12.6. The molecular weight excluding hydrogens is 394 g/mol. The molecule has 3 heterocycles. The summed E-state index contributed by atoms with van der Waals surface area (Å²) < 4.78 is 11.3. The number of carbonyl (C=O) groups excluding carboxylic acids is 1. The average Bonchev–Trinajstić information content (AvgIpc) is 2.77. The van der Waals surface area contributed by atoms with Crippen LogP contribution in [0.15, 0.2) is 30.3 Å². The molecule has 31 heavy (non-hydrogen) atoms. The number of rotatable bonds is 1. The zero-order chi connectivity index (χ0) is 21.5. The van der Waals surface area contributed by atoms with E-state index in [4.69, 9.17) is 9.47 Å². The Labute approximate surface area is 182 Å². The third-order valence-electron chi connectivity index (χ3n) is 7.07. The van der Waals surface area contributed by atoms with Crippen LogP contribution in [-0.4, -0.2) is 46.9 Å². The summed E-state index contributed by atoms with van der Waals surface area (Å²) in [5.74, 6) is 0.474. The van der Waals surface area contributed by atoms with Crippen molar-refractivity contribution in [2.24, 2.45) is 0 Å². The Hall–Kier alpha value is -2.73. The van der Waals surface area contributed by atoms with Gasteiger partial charge in [0.2, 0.25) is 0 Å². The number of aryl methyl sites for hydroxylation is 1. The second kappa shape index (κ2) is 8.08. The minimum Gasteiger partial charge on any atom is -0.507 e. The fourth-order valence-electron chi connectivity index (χ4n) is 5.57. The van der Waals surface area contributed by atoms with Crippen molar-refractivity contribution in [3.05, 3.63) is 41.5 Å². The first-order chi connectivity index (χ1) is 15.0. The van der Waals surface area contributed by atoms with Gasteiger partial charge in [-0.05, 0) is 66.8 Å². The number of hydrogen-bond acceptors (Lipinski definition) is 6. The largest absolute Gasteiger partial charge is 0.507 e.